The molecule has 1 N–H and O–H groups in total. The number of hydrogen-bond donors (Lipinski definition) is 1. The van der Waals surface area contributed by atoms with Gasteiger partial charge in [0.25, 0.3) is 11.8 Å². The van der Waals surface area contributed by atoms with Crippen LogP contribution in [0.15, 0.2) is 42.5 Å². The number of benzene rings is 2. The highest BCUT2D eigenvalue weighted by molar-refractivity contribution is 6.22. The van der Waals surface area contributed by atoms with Crippen molar-refractivity contribution in [3.05, 3.63) is 59.2 Å². The summed E-state index contributed by atoms with van der Waals surface area (Å²) in [4.78, 5) is 40.9. The molecular weight excluding hydrogens is 354 g/mol. The van der Waals surface area contributed by atoms with Crippen molar-refractivity contribution in [3.8, 4) is 0 Å². The fourth-order valence-corrected chi connectivity index (χ4v) is 3.83. The van der Waals surface area contributed by atoms with E-state index in [0.29, 0.717) is 29.9 Å². The minimum Gasteiger partial charge on any atom is -0.308 e. The zero-order chi connectivity index (χ0) is 19.8. The summed E-state index contributed by atoms with van der Waals surface area (Å²) in [5.41, 5.74) is 3.33. The topological polar surface area (TPSA) is 69.7 Å². The van der Waals surface area contributed by atoms with Crippen LogP contribution in [0.3, 0.4) is 0 Å². The summed E-state index contributed by atoms with van der Waals surface area (Å²) in [5.74, 6) is -0.370. The highest BCUT2D eigenvalue weighted by atomic mass is 16.2. The molecule has 2 heterocycles. The third-order valence-corrected chi connectivity index (χ3v) is 5.13. The van der Waals surface area contributed by atoms with Crippen molar-refractivity contribution in [1.29, 1.82) is 0 Å². The summed E-state index contributed by atoms with van der Waals surface area (Å²) in [6, 6.07) is 12.6. The van der Waals surface area contributed by atoms with Crippen LogP contribution in [0, 0.1) is 5.92 Å². The Morgan fingerprint density at radius 3 is 2.61 bits per heavy atom. The molecule has 0 atom stereocenters. The van der Waals surface area contributed by atoms with E-state index in [-0.39, 0.29) is 23.8 Å². The maximum atomic E-state index is 12.8. The van der Waals surface area contributed by atoms with Gasteiger partial charge in [-0.05, 0) is 48.6 Å². The number of aryl methyl sites for hydroxylation is 1. The molecule has 6 heteroatoms. The van der Waals surface area contributed by atoms with Gasteiger partial charge in [-0.15, -0.1) is 0 Å². The first-order valence-electron chi connectivity index (χ1n) is 9.62. The number of carbonyl (C=O) groups is 3. The Morgan fingerprint density at radius 2 is 1.82 bits per heavy atom. The third-order valence-electron chi connectivity index (χ3n) is 5.13. The Hall–Kier alpha value is -3.15. The van der Waals surface area contributed by atoms with Crippen LogP contribution >= 0.6 is 0 Å². The first-order chi connectivity index (χ1) is 13.5. The molecule has 0 aliphatic carbocycles. The molecule has 0 radical (unpaired) electrons. The number of hydrogen-bond acceptors (Lipinski definition) is 3. The van der Waals surface area contributed by atoms with Crippen LogP contribution < -0.4 is 10.2 Å². The van der Waals surface area contributed by atoms with Crippen LogP contribution in [0.2, 0.25) is 0 Å². The molecule has 0 aromatic heterocycles. The van der Waals surface area contributed by atoms with Crippen molar-refractivity contribution in [2.75, 3.05) is 23.3 Å². The number of imide groups is 1. The summed E-state index contributed by atoms with van der Waals surface area (Å²) in [5, 5.41) is 2.88. The Bertz CT molecular complexity index is 967. The third kappa shape index (κ3) is 3.15. The van der Waals surface area contributed by atoms with Gasteiger partial charge in [0.05, 0.1) is 11.1 Å². The molecule has 0 bridgehead atoms. The van der Waals surface area contributed by atoms with Gasteiger partial charge in [-0.1, -0.05) is 32.0 Å². The Kier molecular flexibility index (Phi) is 4.63. The average molecular weight is 377 g/mol. The predicted octanol–water partition coefficient (Wildman–Crippen LogP) is 3.92. The van der Waals surface area contributed by atoms with Crippen LogP contribution in [-0.4, -0.2) is 35.8 Å². The number of anilines is 2. The molecule has 0 unspecified atom stereocenters. The van der Waals surface area contributed by atoms with Crippen LogP contribution in [0.1, 0.15) is 46.5 Å². The molecule has 2 aliphatic rings. The zero-order valence-electron chi connectivity index (χ0n) is 16.1. The van der Waals surface area contributed by atoms with E-state index in [1.807, 2.05) is 38.1 Å². The number of amides is 4. The van der Waals surface area contributed by atoms with Gasteiger partial charge >= 0.3 is 6.03 Å². The standard InChI is InChI=1S/C22H23N3O3/c1-14(2)13-25-20(26)17-10-9-16(12-18(17)21(25)27)23-22(28)24-11-5-7-15-6-3-4-8-19(15)24/h3-4,6,8-10,12,14H,5,7,11,13H2,1-2H3,(H,23,28). The molecule has 2 aromatic rings. The predicted molar refractivity (Wildman–Crippen MR) is 108 cm³/mol. The molecule has 28 heavy (non-hydrogen) atoms. The van der Waals surface area contributed by atoms with E-state index < -0.39 is 0 Å². The molecule has 144 valence electrons. The van der Waals surface area contributed by atoms with Gasteiger partial charge in [0, 0.05) is 24.5 Å². The molecular formula is C22H23N3O3. The van der Waals surface area contributed by atoms with Crippen molar-refractivity contribution >= 4 is 29.2 Å². The van der Waals surface area contributed by atoms with Gasteiger partial charge < -0.3 is 5.32 Å². The number of urea groups is 1. The first kappa shape index (κ1) is 18.2. The number of fused-ring (bicyclic) bond motifs is 2. The monoisotopic (exact) mass is 377 g/mol. The van der Waals surface area contributed by atoms with E-state index in [1.165, 1.54) is 4.90 Å². The normalized spacial score (nSPS) is 15.7. The highest BCUT2D eigenvalue weighted by Gasteiger charge is 2.36. The lowest BCUT2D eigenvalue weighted by Crippen LogP contribution is -2.38. The number of nitrogens with one attached hydrogen (secondary N) is 1. The van der Waals surface area contributed by atoms with Gasteiger partial charge in [0.1, 0.15) is 0 Å². The fourth-order valence-electron chi connectivity index (χ4n) is 3.83. The number of carbonyl (C=O) groups excluding carboxylic acids is 3. The SMILES string of the molecule is CC(C)CN1C(=O)c2ccc(NC(=O)N3CCCc4ccccc43)cc2C1=O. The summed E-state index contributed by atoms with van der Waals surface area (Å²) in [6.07, 6.45) is 1.87. The lowest BCUT2D eigenvalue weighted by Gasteiger charge is -2.29. The van der Waals surface area contributed by atoms with Gasteiger partial charge in [-0.2, -0.15) is 0 Å². The van der Waals surface area contributed by atoms with Crippen LogP contribution in [0.25, 0.3) is 0 Å². The van der Waals surface area contributed by atoms with Crippen molar-refractivity contribution in [2.24, 2.45) is 5.92 Å². The van der Waals surface area contributed by atoms with E-state index in [1.54, 1.807) is 23.1 Å². The lowest BCUT2D eigenvalue weighted by atomic mass is 10.0. The summed E-state index contributed by atoms with van der Waals surface area (Å²) in [6.45, 7) is 4.96. The minimum absolute atomic E-state index is 0.195. The number of para-hydroxylation sites is 1. The van der Waals surface area contributed by atoms with Gasteiger partial charge in [0.2, 0.25) is 0 Å². The van der Waals surface area contributed by atoms with Gasteiger partial charge in [-0.3, -0.25) is 19.4 Å². The summed E-state index contributed by atoms with van der Waals surface area (Å²) >= 11 is 0. The smallest absolute Gasteiger partial charge is 0.308 e. The lowest BCUT2D eigenvalue weighted by molar-refractivity contribution is 0.0636. The average Bonchev–Trinajstić information content (AvgIpc) is 2.91. The number of nitrogens with zero attached hydrogens (tertiary/aromatic N) is 2. The Balaban J connectivity index is 1.55. The van der Waals surface area contributed by atoms with Crippen LogP contribution in [0.5, 0.6) is 0 Å². The first-order valence-corrected chi connectivity index (χ1v) is 9.62. The number of rotatable bonds is 3. The van der Waals surface area contributed by atoms with Crippen molar-refractivity contribution in [2.45, 2.75) is 26.7 Å². The van der Waals surface area contributed by atoms with E-state index in [4.69, 9.17) is 0 Å². The van der Waals surface area contributed by atoms with Crippen LogP contribution in [0.4, 0.5) is 16.2 Å². The summed E-state index contributed by atoms with van der Waals surface area (Å²) in [7, 11) is 0. The van der Waals surface area contributed by atoms with Crippen molar-refractivity contribution in [1.82, 2.24) is 4.90 Å². The second-order valence-electron chi connectivity index (χ2n) is 7.69. The van der Waals surface area contributed by atoms with E-state index in [2.05, 4.69) is 5.32 Å². The molecule has 0 spiro atoms. The van der Waals surface area contributed by atoms with Gasteiger partial charge in [-0.25, -0.2) is 4.79 Å². The minimum atomic E-state index is -0.298. The maximum absolute atomic E-state index is 12.8. The van der Waals surface area contributed by atoms with E-state index >= 15 is 0 Å². The van der Waals surface area contributed by atoms with Crippen molar-refractivity contribution < 1.29 is 14.4 Å². The largest absolute Gasteiger partial charge is 0.326 e. The van der Waals surface area contributed by atoms with E-state index in [0.717, 1.165) is 24.1 Å². The summed E-state index contributed by atoms with van der Waals surface area (Å²) < 4.78 is 0. The Labute approximate surface area is 164 Å². The molecule has 2 aromatic carbocycles. The zero-order valence-corrected chi connectivity index (χ0v) is 16.1. The molecule has 0 fully saturated rings. The van der Waals surface area contributed by atoms with Crippen molar-refractivity contribution in [3.63, 3.8) is 0 Å². The van der Waals surface area contributed by atoms with Gasteiger partial charge in [0.15, 0.2) is 0 Å². The molecule has 4 amide bonds. The van der Waals surface area contributed by atoms with Crippen LogP contribution in [-0.2, 0) is 6.42 Å². The Morgan fingerprint density at radius 1 is 1.07 bits per heavy atom. The molecule has 2 aliphatic heterocycles. The molecule has 0 saturated carbocycles. The molecule has 6 nitrogen and oxygen atoms in total. The quantitative estimate of drug-likeness (QED) is 0.824. The molecule has 4 rings (SSSR count). The van der Waals surface area contributed by atoms with E-state index in [9.17, 15) is 14.4 Å². The second kappa shape index (κ2) is 7.11. The highest BCUT2D eigenvalue weighted by Crippen LogP contribution is 2.29. The second-order valence-corrected chi connectivity index (χ2v) is 7.69. The molecule has 0 saturated heterocycles. The fraction of sp³-hybridized carbons (Fsp3) is 0.318. The maximum Gasteiger partial charge on any atom is 0.326 e.